The molecule has 0 aromatic rings. The number of primary amides is 1. The Balaban J connectivity index is 1.84. The van der Waals surface area contributed by atoms with Gasteiger partial charge in [0.25, 0.3) is 5.91 Å². The minimum absolute atomic E-state index is 0.0709. The molecule has 0 spiro atoms. The SMILES string of the molecule is CN(C)C(=O)[C@@H](NC(=O)N[C@H](C(=O)N1C[C@H]2C([C@H]1C(=O)NC(CC1CCC1)C(=O)C(N)=O)C2(C)C)C(C)(C)C)C(C)(C)C. The number of carbonyl (C=O) groups is 6. The van der Waals surface area contributed by atoms with Gasteiger partial charge in [0.05, 0.1) is 6.04 Å². The first kappa shape index (κ1) is 34.3. The summed E-state index contributed by atoms with van der Waals surface area (Å²) >= 11 is 0. The van der Waals surface area contributed by atoms with E-state index in [1.807, 2.05) is 55.4 Å². The van der Waals surface area contributed by atoms with Crippen LogP contribution in [0.25, 0.3) is 0 Å². The molecule has 5 N–H and O–H groups in total. The lowest BCUT2D eigenvalue weighted by Gasteiger charge is -2.39. The van der Waals surface area contributed by atoms with Gasteiger partial charge in [-0.05, 0) is 40.4 Å². The summed E-state index contributed by atoms with van der Waals surface area (Å²) in [5.74, 6) is -2.97. The Morgan fingerprint density at radius 3 is 1.88 bits per heavy atom. The first-order valence-corrected chi connectivity index (χ1v) is 15.3. The van der Waals surface area contributed by atoms with E-state index >= 15 is 0 Å². The van der Waals surface area contributed by atoms with Crippen LogP contribution in [-0.2, 0) is 24.0 Å². The van der Waals surface area contributed by atoms with Crippen molar-refractivity contribution in [1.29, 1.82) is 0 Å². The van der Waals surface area contributed by atoms with Gasteiger partial charge < -0.3 is 31.5 Å². The Morgan fingerprint density at radius 1 is 0.907 bits per heavy atom. The molecule has 6 atom stereocenters. The highest BCUT2D eigenvalue weighted by atomic mass is 16.2. The third-order valence-electron chi connectivity index (χ3n) is 9.65. The highest BCUT2D eigenvalue weighted by molar-refractivity contribution is 6.37. The van der Waals surface area contributed by atoms with Gasteiger partial charge in [-0.2, -0.15) is 0 Å². The molecule has 2 unspecified atom stereocenters. The van der Waals surface area contributed by atoms with Crippen LogP contribution in [0.5, 0.6) is 0 Å². The molecule has 0 aromatic carbocycles. The van der Waals surface area contributed by atoms with E-state index in [9.17, 15) is 28.8 Å². The number of amides is 6. The molecule has 1 saturated heterocycles. The molecule has 3 aliphatic rings. The molecular formula is C31H52N6O6. The molecular weight excluding hydrogens is 552 g/mol. The average molecular weight is 605 g/mol. The van der Waals surface area contributed by atoms with E-state index < -0.39 is 64.5 Å². The summed E-state index contributed by atoms with van der Waals surface area (Å²) in [7, 11) is 3.22. The number of nitrogens with one attached hydrogen (secondary N) is 3. The maximum Gasteiger partial charge on any atom is 0.316 e. The van der Waals surface area contributed by atoms with Crippen molar-refractivity contribution in [2.75, 3.05) is 20.6 Å². The monoisotopic (exact) mass is 604 g/mol. The molecule has 3 rings (SSSR count). The molecule has 43 heavy (non-hydrogen) atoms. The van der Waals surface area contributed by atoms with E-state index in [2.05, 4.69) is 16.0 Å². The first-order valence-electron chi connectivity index (χ1n) is 15.3. The number of Topliss-reactive ketones (excluding diaryl/α,β-unsaturated/α-hetero) is 1. The topological polar surface area (TPSA) is 171 Å². The maximum absolute atomic E-state index is 14.2. The number of hydrogen-bond acceptors (Lipinski definition) is 6. The van der Waals surface area contributed by atoms with Gasteiger partial charge in [0.15, 0.2) is 0 Å². The van der Waals surface area contributed by atoms with Gasteiger partial charge in [0, 0.05) is 20.6 Å². The Hall–Kier alpha value is -3.18. The predicted octanol–water partition coefficient (Wildman–Crippen LogP) is 1.42. The van der Waals surface area contributed by atoms with Crippen LogP contribution in [0.3, 0.4) is 0 Å². The van der Waals surface area contributed by atoms with Gasteiger partial charge in [-0.3, -0.25) is 24.0 Å². The number of nitrogens with two attached hydrogens (primary N) is 1. The number of urea groups is 1. The molecule has 0 radical (unpaired) electrons. The van der Waals surface area contributed by atoms with Crippen molar-refractivity contribution in [1.82, 2.24) is 25.8 Å². The number of hydrogen-bond donors (Lipinski definition) is 4. The number of likely N-dealkylation sites (tertiary alicyclic amines) is 1. The van der Waals surface area contributed by atoms with Gasteiger partial charge in [0.1, 0.15) is 18.1 Å². The lowest BCUT2D eigenvalue weighted by Crippen LogP contribution is -2.63. The molecule has 3 fully saturated rings. The van der Waals surface area contributed by atoms with Crippen LogP contribution < -0.4 is 21.7 Å². The highest BCUT2D eigenvalue weighted by Crippen LogP contribution is 2.65. The van der Waals surface area contributed by atoms with E-state index in [1.54, 1.807) is 14.1 Å². The van der Waals surface area contributed by atoms with Gasteiger partial charge in [-0.1, -0.05) is 74.7 Å². The molecule has 2 aliphatic carbocycles. The van der Waals surface area contributed by atoms with Crippen molar-refractivity contribution in [3.8, 4) is 0 Å². The summed E-state index contributed by atoms with van der Waals surface area (Å²) in [6, 6.07) is -4.44. The van der Waals surface area contributed by atoms with Gasteiger partial charge >= 0.3 is 6.03 Å². The van der Waals surface area contributed by atoms with E-state index in [4.69, 9.17) is 5.73 Å². The number of likely N-dealkylation sites (N-methyl/N-ethyl adjacent to an activating group) is 1. The fourth-order valence-electron chi connectivity index (χ4n) is 6.56. The molecule has 6 amide bonds. The van der Waals surface area contributed by atoms with Crippen LogP contribution in [0.4, 0.5) is 4.79 Å². The smallest absolute Gasteiger partial charge is 0.316 e. The van der Waals surface area contributed by atoms with Gasteiger partial charge in [0.2, 0.25) is 23.5 Å². The Kier molecular flexibility index (Phi) is 9.63. The maximum atomic E-state index is 14.2. The number of ketones is 1. The van der Waals surface area contributed by atoms with Crippen LogP contribution in [0, 0.1) is 34.0 Å². The summed E-state index contributed by atoms with van der Waals surface area (Å²) in [5, 5.41) is 8.33. The second-order valence-corrected chi connectivity index (χ2v) is 15.7. The van der Waals surface area contributed by atoms with E-state index in [-0.39, 0.29) is 29.1 Å². The van der Waals surface area contributed by atoms with Gasteiger partial charge in [-0.15, -0.1) is 0 Å². The lowest BCUT2D eigenvalue weighted by atomic mass is 9.80. The first-order chi connectivity index (χ1) is 19.6. The highest BCUT2D eigenvalue weighted by Gasteiger charge is 2.70. The molecule has 242 valence electrons. The van der Waals surface area contributed by atoms with Crippen LogP contribution in [0.2, 0.25) is 0 Å². The second-order valence-electron chi connectivity index (χ2n) is 15.7. The Labute approximate surface area is 255 Å². The molecule has 2 saturated carbocycles. The fourth-order valence-corrected chi connectivity index (χ4v) is 6.56. The zero-order valence-electron chi connectivity index (χ0n) is 27.5. The third kappa shape index (κ3) is 7.32. The van der Waals surface area contributed by atoms with E-state index in [0.29, 0.717) is 13.0 Å². The van der Waals surface area contributed by atoms with Crippen molar-refractivity contribution < 1.29 is 28.8 Å². The number of rotatable bonds is 10. The van der Waals surface area contributed by atoms with Crippen LogP contribution in [0.15, 0.2) is 0 Å². The summed E-state index contributed by atoms with van der Waals surface area (Å²) < 4.78 is 0. The van der Waals surface area contributed by atoms with Crippen molar-refractivity contribution in [2.24, 2.45) is 39.7 Å². The fraction of sp³-hybridized carbons (Fsp3) is 0.806. The van der Waals surface area contributed by atoms with Crippen LogP contribution in [-0.4, -0.2) is 90.1 Å². The minimum atomic E-state index is -1.10. The molecule has 0 bridgehead atoms. The molecule has 12 heteroatoms. The quantitative estimate of drug-likeness (QED) is 0.275. The van der Waals surface area contributed by atoms with Gasteiger partial charge in [-0.25, -0.2) is 4.79 Å². The number of carbonyl (C=O) groups excluding carboxylic acids is 6. The van der Waals surface area contributed by atoms with Crippen molar-refractivity contribution >= 4 is 35.4 Å². The second kappa shape index (κ2) is 12.1. The zero-order valence-corrected chi connectivity index (χ0v) is 27.5. The standard InChI is InChI=1S/C31H52N6O6/c1-29(2,3)22(26(41)36(9)10)34-28(43)35-23(30(4,5)6)27(42)37-15-17-19(31(17,7)8)20(37)25(40)33-18(21(38)24(32)39)14-16-12-11-13-16/h16-20,22-23H,11-15H2,1-10H3,(H2,32,39)(H,33,40)(H2,34,35,43)/t17-,18?,19?,20-,22+,23+/m0/s1. The summed E-state index contributed by atoms with van der Waals surface area (Å²) in [6.45, 7) is 15.4. The minimum Gasteiger partial charge on any atom is -0.363 e. The number of piperidine rings is 1. The van der Waals surface area contributed by atoms with E-state index in [0.717, 1.165) is 19.3 Å². The van der Waals surface area contributed by atoms with Crippen molar-refractivity contribution in [2.45, 2.75) is 105 Å². The molecule has 1 heterocycles. The molecule has 0 aromatic heterocycles. The Bertz CT molecular complexity index is 1150. The largest absolute Gasteiger partial charge is 0.363 e. The molecule has 12 nitrogen and oxygen atoms in total. The normalized spacial score (nSPS) is 24.9. The van der Waals surface area contributed by atoms with Crippen LogP contribution in [0.1, 0.15) is 81.1 Å². The van der Waals surface area contributed by atoms with Crippen molar-refractivity contribution in [3.63, 3.8) is 0 Å². The summed E-state index contributed by atoms with van der Waals surface area (Å²) in [4.78, 5) is 81.5. The average Bonchev–Trinajstić information content (AvgIpc) is 3.17. The summed E-state index contributed by atoms with van der Waals surface area (Å²) in [5.41, 5.74) is 3.79. The van der Waals surface area contributed by atoms with Crippen molar-refractivity contribution in [3.05, 3.63) is 0 Å². The predicted molar refractivity (Wildman–Crippen MR) is 161 cm³/mol. The lowest BCUT2D eigenvalue weighted by molar-refractivity contribution is -0.145. The number of fused-ring (bicyclic) bond motifs is 1. The summed E-state index contributed by atoms with van der Waals surface area (Å²) in [6.07, 6.45) is 3.20. The third-order valence-corrected chi connectivity index (χ3v) is 9.65. The van der Waals surface area contributed by atoms with Crippen LogP contribution >= 0.6 is 0 Å². The Morgan fingerprint density at radius 2 is 1.44 bits per heavy atom. The molecule has 1 aliphatic heterocycles. The van der Waals surface area contributed by atoms with E-state index in [1.165, 1.54) is 9.80 Å². The zero-order chi connectivity index (χ0) is 32.8. The number of nitrogens with zero attached hydrogens (tertiary/aromatic N) is 2.